The summed E-state index contributed by atoms with van der Waals surface area (Å²) in [5.41, 5.74) is 2.17. The zero-order chi connectivity index (χ0) is 15.9. The molecular formula is C18H17NO3. The van der Waals surface area contributed by atoms with Crippen LogP contribution in [0.3, 0.4) is 0 Å². The number of nitrogens with one attached hydrogen (secondary N) is 1. The number of carbonyl (C=O) groups is 2. The van der Waals surface area contributed by atoms with Crippen LogP contribution in [0.15, 0.2) is 54.6 Å². The minimum Gasteiger partial charge on any atom is -0.497 e. The van der Waals surface area contributed by atoms with Gasteiger partial charge in [0.2, 0.25) is 5.91 Å². The fourth-order valence-electron chi connectivity index (χ4n) is 1.86. The monoisotopic (exact) mass is 295 g/mol. The fraction of sp³-hybridized carbons (Fsp3) is 0.111. The fourth-order valence-corrected chi connectivity index (χ4v) is 1.86. The van der Waals surface area contributed by atoms with Crippen LogP contribution in [0, 0.1) is 0 Å². The first kappa shape index (κ1) is 15.5. The van der Waals surface area contributed by atoms with E-state index in [0.29, 0.717) is 11.3 Å². The number of amides is 1. The van der Waals surface area contributed by atoms with Crippen LogP contribution in [-0.2, 0) is 4.79 Å². The smallest absolute Gasteiger partial charge is 0.248 e. The van der Waals surface area contributed by atoms with Gasteiger partial charge in [0.05, 0.1) is 7.11 Å². The Hall–Kier alpha value is -2.88. The van der Waals surface area contributed by atoms with Crippen molar-refractivity contribution in [1.82, 2.24) is 0 Å². The van der Waals surface area contributed by atoms with Crippen LogP contribution >= 0.6 is 0 Å². The summed E-state index contributed by atoms with van der Waals surface area (Å²) in [5.74, 6) is 0.538. The maximum Gasteiger partial charge on any atom is 0.248 e. The van der Waals surface area contributed by atoms with E-state index in [-0.39, 0.29) is 11.7 Å². The number of benzene rings is 2. The Labute approximate surface area is 129 Å². The third kappa shape index (κ3) is 4.31. The maximum absolute atomic E-state index is 11.8. The van der Waals surface area contributed by atoms with E-state index in [0.717, 1.165) is 11.3 Å². The zero-order valence-electron chi connectivity index (χ0n) is 12.5. The van der Waals surface area contributed by atoms with Gasteiger partial charge in [-0.25, -0.2) is 0 Å². The Bertz CT molecular complexity index is 685. The number of carbonyl (C=O) groups excluding carboxylic acids is 2. The van der Waals surface area contributed by atoms with Crippen molar-refractivity contribution >= 4 is 23.5 Å². The summed E-state index contributed by atoms with van der Waals surface area (Å²) in [4.78, 5) is 23.0. The molecule has 0 bridgehead atoms. The molecule has 0 aliphatic heterocycles. The number of ketones is 1. The van der Waals surface area contributed by atoms with E-state index in [1.807, 2.05) is 24.3 Å². The summed E-state index contributed by atoms with van der Waals surface area (Å²) in [6.07, 6.45) is 3.18. The van der Waals surface area contributed by atoms with Gasteiger partial charge < -0.3 is 10.1 Å². The highest BCUT2D eigenvalue weighted by molar-refractivity contribution is 6.02. The largest absolute Gasteiger partial charge is 0.497 e. The first-order valence-electron chi connectivity index (χ1n) is 6.82. The van der Waals surface area contributed by atoms with Crippen molar-refractivity contribution in [3.05, 3.63) is 65.7 Å². The van der Waals surface area contributed by atoms with Crippen molar-refractivity contribution in [3.63, 3.8) is 0 Å². The molecule has 2 rings (SSSR count). The molecule has 0 heterocycles. The molecule has 1 amide bonds. The molecule has 0 saturated carbocycles. The van der Waals surface area contributed by atoms with Crippen LogP contribution in [0.2, 0.25) is 0 Å². The van der Waals surface area contributed by atoms with Gasteiger partial charge in [0, 0.05) is 17.3 Å². The third-order valence-corrected chi connectivity index (χ3v) is 3.10. The lowest BCUT2D eigenvalue weighted by atomic mass is 10.1. The van der Waals surface area contributed by atoms with Crippen LogP contribution in [-0.4, -0.2) is 18.8 Å². The summed E-state index contributed by atoms with van der Waals surface area (Å²) in [7, 11) is 1.61. The Morgan fingerprint density at radius 1 is 1.00 bits per heavy atom. The first-order chi connectivity index (χ1) is 10.6. The standard InChI is InChI=1S/C18H17NO3/c1-13(20)15-6-8-16(9-7-15)19-18(21)12-5-14-3-10-17(22-2)11-4-14/h3-12H,1-2H3,(H,19,21). The highest BCUT2D eigenvalue weighted by atomic mass is 16.5. The van der Waals surface area contributed by atoms with Crippen molar-refractivity contribution < 1.29 is 14.3 Å². The summed E-state index contributed by atoms with van der Waals surface area (Å²) < 4.78 is 5.07. The Morgan fingerprint density at radius 2 is 1.64 bits per heavy atom. The Balaban J connectivity index is 1.96. The average Bonchev–Trinajstić information content (AvgIpc) is 2.54. The molecule has 0 fully saturated rings. The SMILES string of the molecule is COc1ccc(C=CC(=O)Nc2ccc(C(C)=O)cc2)cc1. The summed E-state index contributed by atoms with van der Waals surface area (Å²) in [6, 6.07) is 14.2. The van der Waals surface area contributed by atoms with Gasteiger partial charge in [0.1, 0.15) is 5.75 Å². The molecule has 0 radical (unpaired) electrons. The molecule has 2 aromatic carbocycles. The van der Waals surface area contributed by atoms with Crippen LogP contribution in [0.4, 0.5) is 5.69 Å². The average molecular weight is 295 g/mol. The lowest BCUT2D eigenvalue weighted by Crippen LogP contribution is -2.07. The molecular weight excluding hydrogens is 278 g/mol. The van der Waals surface area contributed by atoms with Gasteiger partial charge >= 0.3 is 0 Å². The lowest BCUT2D eigenvalue weighted by Gasteiger charge is -2.03. The minimum atomic E-state index is -0.230. The minimum absolute atomic E-state index is 0.00252. The lowest BCUT2D eigenvalue weighted by molar-refractivity contribution is -0.111. The van der Waals surface area contributed by atoms with Crippen molar-refractivity contribution in [2.24, 2.45) is 0 Å². The van der Waals surface area contributed by atoms with E-state index in [9.17, 15) is 9.59 Å². The van der Waals surface area contributed by atoms with Gasteiger partial charge in [-0.3, -0.25) is 9.59 Å². The van der Waals surface area contributed by atoms with E-state index >= 15 is 0 Å². The molecule has 0 aliphatic rings. The van der Waals surface area contributed by atoms with E-state index in [1.54, 1.807) is 37.5 Å². The predicted molar refractivity (Wildman–Crippen MR) is 87.1 cm³/mol. The topological polar surface area (TPSA) is 55.4 Å². The molecule has 2 aromatic rings. The molecule has 4 heteroatoms. The van der Waals surface area contributed by atoms with Crippen molar-refractivity contribution in [3.8, 4) is 5.75 Å². The highest BCUT2D eigenvalue weighted by Crippen LogP contribution is 2.13. The quantitative estimate of drug-likeness (QED) is 0.678. The number of hydrogen-bond donors (Lipinski definition) is 1. The highest BCUT2D eigenvalue weighted by Gasteiger charge is 2.01. The molecule has 4 nitrogen and oxygen atoms in total. The van der Waals surface area contributed by atoms with Crippen LogP contribution in [0.5, 0.6) is 5.75 Å². The Kier molecular flexibility index (Phi) is 5.09. The predicted octanol–water partition coefficient (Wildman–Crippen LogP) is 3.55. The van der Waals surface area contributed by atoms with Gasteiger partial charge in [0.15, 0.2) is 5.78 Å². The molecule has 112 valence electrons. The van der Waals surface area contributed by atoms with E-state index < -0.39 is 0 Å². The summed E-state index contributed by atoms with van der Waals surface area (Å²) >= 11 is 0. The number of ether oxygens (including phenoxy) is 1. The first-order valence-corrected chi connectivity index (χ1v) is 6.82. The van der Waals surface area contributed by atoms with Gasteiger partial charge in [-0.15, -0.1) is 0 Å². The molecule has 0 spiro atoms. The normalized spacial score (nSPS) is 10.5. The van der Waals surface area contributed by atoms with Gasteiger partial charge in [-0.05, 0) is 55.0 Å². The molecule has 0 aromatic heterocycles. The van der Waals surface area contributed by atoms with Crippen LogP contribution in [0.25, 0.3) is 6.08 Å². The van der Waals surface area contributed by atoms with Crippen LogP contribution < -0.4 is 10.1 Å². The van der Waals surface area contributed by atoms with E-state index in [1.165, 1.54) is 13.0 Å². The second kappa shape index (κ2) is 7.22. The second-order valence-electron chi connectivity index (χ2n) is 4.73. The molecule has 0 saturated heterocycles. The number of hydrogen-bond acceptors (Lipinski definition) is 3. The van der Waals surface area contributed by atoms with E-state index in [2.05, 4.69) is 5.32 Å². The molecule has 22 heavy (non-hydrogen) atoms. The van der Waals surface area contributed by atoms with Crippen molar-refractivity contribution in [2.75, 3.05) is 12.4 Å². The number of anilines is 1. The van der Waals surface area contributed by atoms with Crippen molar-refractivity contribution in [1.29, 1.82) is 0 Å². The number of Topliss-reactive ketones (excluding diaryl/α,β-unsaturated/α-hetero) is 1. The maximum atomic E-state index is 11.8. The number of rotatable bonds is 5. The molecule has 0 aliphatic carbocycles. The molecule has 0 unspecified atom stereocenters. The zero-order valence-corrected chi connectivity index (χ0v) is 12.5. The van der Waals surface area contributed by atoms with Crippen LogP contribution in [0.1, 0.15) is 22.8 Å². The van der Waals surface area contributed by atoms with Gasteiger partial charge in [-0.2, -0.15) is 0 Å². The van der Waals surface area contributed by atoms with E-state index in [4.69, 9.17) is 4.74 Å². The van der Waals surface area contributed by atoms with Gasteiger partial charge in [-0.1, -0.05) is 12.1 Å². The summed E-state index contributed by atoms with van der Waals surface area (Å²) in [6.45, 7) is 1.51. The molecule has 1 N–H and O–H groups in total. The third-order valence-electron chi connectivity index (χ3n) is 3.10. The Morgan fingerprint density at radius 3 is 2.18 bits per heavy atom. The summed E-state index contributed by atoms with van der Waals surface area (Å²) in [5, 5.41) is 2.74. The number of methoxy groups -OCH3 is 1. The molecule has 0 atom stereocenters. The van der Waals surface area contributed by atoms with Crippen molar-refractivity contribution in [2.45, 2.75) is 6.92 Å². The van der Waals surface area contributed by atoms with Gasteiger partial charge in [0.25, 0.3) is 0 Å². The second-order valence-corrected chi connectivity index (χ2v) is 4.73.